The van der Waals surface area contributed by atoms with Crippen LogP contribution in [0.2, 0.25) is 0 Å². The molecule has 3 aliphatic carbocycles. The van der Waals surface area contributed by atoms with E-state index in [4.69, 9.17) is 4.18 Å². The third-order valence-corrected chi connectivity index (χ3v) is 4.62. The van der Waals surface area contributed by atoms with Crippen molar-refractivity contribution in [3.05, 3.63) is 12.2 Å². The molecule has 2 fully saturated rings. The van der Waals surface area contributed by atoms with Crippen molar-refractivity contribution in [2.75, 3.05) is 6.26 Å². The lowest BCUT2D eigenvalue weighted by Crippen LogP contribution is -2.27. The van der Waals surface area contributed by atoms with Gasteiger partial charge in [0.1, 0.15) is 5.78 Å². The highest BCUT2D eigenvalue weighted by atomic mass is 32.2. The Kier molecular flexibility index (Phi) is 2.07. The van der Waals surface area contributed by atoms with Gasteiger partial charge >= 0.3 is 0 Å². The summed E-state index contributed by atoms with van der Waals surface area (Å²) in [6, 6.07) is 0. The van der Waals surface area contributed by atoms with E-state index in [0.29, 0.717) is 30.6 Å². The fourth-order valence-electron chi connectivity index (χ4n) is 3.61. The van der Waals surface area contributed by atoms with Crippen molar-refractivity contribution in [2.45, 2.75) is 18.9 Å². The van der Waals surface area contributed by atoms with Gasteiger partial charge < -0.3 is 0 Å². The average molecular weight is 242 g/mol. The van der Waals surface area contributed by atoms with Crippen molar-refractivity contribution < 1.29 is 17.4 Å². The first kappa shape index (κ1) is 10.5. The van der Waals surface area contributed by atoms with E-state index in [0.717, 1.165) is 6.26 Å². The van der Waals surface area contributed by atoms with Crippen molar-refractivity contribution in [3.8, 4) is 0 Å². The van der Waals surface area contributed by atoms with Gasteiger partial charge in [0.2, 0.25) is 0 Å². The monoisotopic (exact) mass is 242 g/mol. The van der Waals surface area contributed by atoms with E-state index in [1.54, 1.807) is 0 Å². The van der Waals surface area contributed by atoms with Gasteiger partial charge in [-0.3, -0.25) is 8.98 Å². The average Bonchev–Trinajstić information content (AvgIpc) is 2.70. The topological polar surface area (TPSA) is 60.4 Å². The van der Waals surface area contributed by atoms with Gasteiger partial charge in [-0.2, -0.15) is 8.42 Å². The Balaban J connectivity index is 1.89. The zero-order valence-corrected chi connectivity index (χ0v) is 9.81. The molecule has 0 amide bonds. The fourth-order valence-corrected chi connectivity index (χ4v) is 4.26. The van der Waals surface area contributed by atoms with Crippen LogP contribution in [-0.4, -0.2) is 26.6 Å². The minimum absolute atomic E-state index is 0.176. The lowest BCUT2D eigenvalue weighted by molar-refractivity contribution is -0.122. The van der Waals surface area contributed by atoms with Gasteiger partial charge in [0.05, 0.1) is 12.4 Å². The summed E-state index contributed by atoms with van der Waals surface area (Å²) in [5.41, 5.74) is 0. The summed E-state index contributed by atoms with van der Waals surface area (Å²) in [5.74, 6) is 0.957. The summed E-state index contributed by atoms with van der Waals surface area (Å²) in [6.07, 6.45) is 6.10. The Bertz CT molecular complexity index is 464. The quantitative estimate of drug-likeness (QED) is 0.529. The number of Topliss-reactive ketones (excluding diaryl/α,β-unsaturated/α-hetero) is 1. The zero-order valence-electron chi connectivity index (χ0n) is 9.00. The van der Waals surface area contributed by atoms with Crippen LogP contribution >= 0.6 is 0 Å². The number of hydrogen-bond donors (Lipinski definition) is 0. The fraction of sp³-hybridized carbons (Fsp3) is 0.727. The minimum Gasteiger partial charge on any atom is -0.299 e. The molecule has 0 spiro atoms. The van der Waals surface area contributed by atoms with E-state index >= 15 is 0 Å². The zero-order chi connectivity index (χ0) is 11.5. The molecule has 0 aliphatic heterocycles. The molecule has 0 bridgehead atoms. The molecule has 16 heavy (non-hydrogen) atoms. The van der Waals surface area contributed by atoms with Crippen LogP contribution in [0.3, 0.4) is 0 Å². The van der Waals surface area contributed by atoms with Crippen LogP contribution in [-0.2, 0) is 19.1 Å². The molecule has 5 atom stereocenters. The maximum atomic E-state index is 11.8. The molecule has 5 unspecified atom stereocenters. The highest BCUT2D eigenvalue weighted by Gasteiger charge is 2.56. The summed E-state index contributed by atoms with van der Waals surface area (Å²) in [6.45, 7) is 0. The van der Waals surface area contributed by atoms with Crippen molar-refractivity contribution >= 4 is 15.9 Å². The normalized spacial score (nSPS) is 45.3. The van der Waals surface area contributed by atoms with Crippen molar-refractivity contribution in [1.29, 1.82) is 0 Å². The van der Waals surface area contributed by atoms with Crippen LogP contribution in [0.4, 0.5) is 0 Å². The van der Waals surface area contributed by atoms with Crippen molar-refractivity contribution in [2.24, 2.45) is 23.7 Å². The van der Waals surface area contributed by atoms with Crippen LogP contribution in [0, 0.1) is 23.7 Å². The van der Waals surface area contributed by atoms with Gasteiger partial charge in [-0.15, -0.1) is 0 Å². The summed E-state index contributed by atoms with van der Waals surface area (Å²) in [7, 11) is -3.46. The van der Waals surface area contributed by atoms with E-state index in [2.05, 4.69) is 12.2 Å². The number of hydrogen-bond acceptors (Lipinski definition) is 4. The number of ketones is 1. The molecule has 0 saturated heterocycles. The molecule has 5 heteroatoms. The molecular weight excluding hydrogens is 228 g/mol. The molecule has 2 saturated carbocycles. The van der Waals surface area contributed by atoms with Gasteiger partial charge in [-0.25, -0.2) is 0 Å². The summed E-state index contributed by atoms with van der Waals surface area (Å²) < 4.78 is 27.3. The standard InChI is InChI=1S/C11H14O4S/c1-16(13,14)15-9-5-7-3-2-6-4-8(12)11(9)10(6)7/h2-3,6-7,9-11H,4-5H2,1H3. The molecule has 0 radical (unpaired) electrons. The van der Waals surface area contributed by atoms with Gasteiger partial charge in [-0.1, -0.05) is 12.2 Å². The Morgan fingerprint density at radius 2 is 2.00 bits per heavy atom. The smallest absolute Gasteiger partial charge is 0.264 e. The highest BCUT2D eigenvalue weighted by molar-refractivity contribution is 7.86. The maximum absolute atomic E-state index is 11.8. The minimum atomic E-state index is -3.46. The molecule has 88 valence electrons. The molecule has 4 nitrogen and oxygen atoms in total. The summed E-state index contributed by atoms with van der Waals surface area (Å²) in [4.78, 5) is 11.8. The van der Waals surface area contributed by atoms with Gasteiger partial charge in [0, 0.05) is 12.3 Å². The maximum Gasteiger partial charge on any atom is 0.264 e. The molecular formula is C11H14O4S. The second-order valence-corrected chi connectivity index (χ2v) is 6.66. The predicted molar refractivity (Wildman–Crippen MR) is 57.1 cm³/mol. The van der Waals surface area contributed by atoms with Crippen LogP contribution in [0.1, 0.15) is 12.8 Å². The lowest BCUT2D eigenvalue weighted by atomic mass is 9.91. The molecule has 0 heterocycles. The highest BCUT2D eigenvalue weighted by Crippen LogP contribution is 2.54. The van der Waals surface area contributed by atoms with Gasteiger partial charge in [0.25, 0.3) is 10.1 Å². The number of carbonyl (C=O) groups is 1. The molecule has 0 aromatic carbocycles. The largest absolute Gasteiger partial charge is 0.299 e. The lowest BCUT2D eigenvalue weighted by Gasteiger charge is -2.16. The number of rotatable bonds is 2. The van der Waals surface area contributed by atoms with Gasteiger partial charge in [-0.05, 0) is 24.2 Å². The second-order valence-electron chi connectivity index (χ2n) is 5.06. The van der Waals surface area contributed by atoms with Crippen LogP contribution in [0.15, 0.2) is 12.2 Å². The van der Waals surface area contributed by atoms with Crippen molar-refractivity contribution in [3.63, 3.8) is 0 Å². The van der Waals surface area contributed by atoms with E-state index in [-0.39, 0.29) is 11.7 Å². The first-order valence-corrected chi connectivity index (χ1v) is 7.36. The molecule has 3 aliphatic rings. The van der Waals surface area contributed by atoms with Crippen LogP contribution in [0.5, 0.6) is 0 Å². The first-order chi connectivity index (χ1) is 7.46. The number of allylic oxidation sites excluding steroid dienone is 2. The van der Waals surface area contributed by atoms with E-state index in [9.17, 15) is 13.2 Å². The Morgan fingerprint density at radius 1 is 1.31 bits per heavy atom. The predicted octanol–water partition coefficient (Wildman–Crippen LogP) is 0.742. The Hall–Kier alpha value is -0.680. The van der Waals surface area contributed by atoms with E-state index in [1.165, 1.54) is 0 Å². The van der Waals surface area contributed by atoms with Crippen LogP contribution in [0.25, 0.3) is 0 Å². The summed E-state index contributed by atoms with van der Waals surface area (Å²) in [5, 5.41) is 0. The third kappa shape index (κ3) is 1.45. The third-order valence-electron chi connectivity index (χ3n) is 4.02. The Morgan fingerprint density at radius 3 is 2.69 bits per heavy atom. The second kappa shape index (κ2) is 3.17. The molecule has 0 aromatic rings. The summed E-state index contributed by atoms with van der Waals surface area (Å²) >= 11 is 0. The SMILES string of the molecule is CS(=O)(=O)OC1CC2C=CC3CC(=O)C1C32. The number of carbonyl (C=O) groups excluding carboxylic acids is 1. The van der Waals surface area contributed by atoms with Crippen LogP contribution < -0.4 is 0 Å². The molecule has 0 N–H and O–H groups in total. The van der Waals surface area contributed by atoms with Crippen molar-refractivity contribution in [1.82, 2.24) is 0 Å². The molecule has 3 rings (SSSR count). The van der Waals surface area contributed by atoms with E-state index in [1.807, 2.05) is 0 Å². The Labute approximate surface area is 94.8 Å². The first-order valence-electron chi connectivity index (χ1n) is 5.55. The van der Waals surface area contributed by atoms with E-state index < -0.39 is 16.2 Å². The van der Waals surface area contributed by atoms with Gasteiger partial charge in [0.15, 0.2) is 0 Å². The molecule has 0 aromatic heterocycles.